The number of rotatable bonds is 6. The molecule has 2 bridgehead atoms. The van der Waals surface area contributed by atoms with Gasteiger partial charge in [0.1, 0.15) is 5.52 Å². The first-order chi connectivity index (χ1) is 12.7. The fourth-order valence-corrected chi connectivity index (χ4v) is 4.26. The molecule has 5 rings (SSSR count). The molecule has 1 aromatic heterocycles. The fraction of sp³-hybridized carbons (Fsp3) is 0.600. The van der Waals surface area contributed by atoms with Crippen molar-refractivity contribution in [2.45, 2.75) is 39.3 Å². The molecule has 26 heavy (non-hydrogen) atoms. The summed E-state index contributed by atoms with van der Waals surface area (Å²) >= 11 is 0. The predicted octanol–water partition coefficient (Wildman–Crippen LogP) is 2.49. The van der Waals surface area contributed by atoms with Gasteiger partial charge in [-0.3, -0.25) is 9.69 Å². The third kappa shape index (κ3) is 3.35. The zero-order valence-electron chi connectivity index (χ0n) is 15.7. The van der Waals surface area contributed by atoms with E-state index >= 15 is 0 Å². The van der Waals surface area contributed by atoms with E-state index in [1.54, 1.807) is 0 Å². The normalized spacial score (nSPS) is 25.1. The van der Waals surface area contributed by atoms with Crippen LogP contribution in [0.2, 0.25) is 0 Å². The molecule has 0 saturated carbocycles. The molecule has 6 heteroatoms. The van der Waals surface area contributed by atoms with Gasteiger partial charge in [0.2, 0.25) is 5.89 Å². The number of hydrogen-bond donors (Lipinski definition) is 1. The second-order valence-corrected chi connectivity index (χ2v) is 7.44. The Bertz CT molecular complexity index is 775. The van der Waals surface area contributed by atoms with Crippen LogP contribution >= 0.6 is 0 Å². The van der Waals surface area contributed by atoms with Crippen LogP contribution in [0.5, 0.6) is 0 Å². The second kappa shape index (κ2) is 7.37. The Balaban J connectivity index is 1.54. The van der Waals surface area contributed by atoms with E-state index in [-0.39, 0.29) is 11.9 Å². The zero-order chi connectivity index (χ0) is 18.1. The molecular weight excluding hydrogens is 328 g/mol. The maximum absolute atomic E-state index is 12.9. The molecule has 2 aromatic rings. The lowest BCUT2D eigenvalue weighted by Crippen LogP contribution is -2.57. The summed E-state index contributed by atoms with van der Waals surface area (Å²) in [5.74, 6) is 1.25. The third-order valence-electron chi connectivity index (χ3n) is 5.93. The maximum atomic E-state index is 12.9. The molecule has 1 N–H and O–H groups in total. The van der Waals surface area contributed by atoms with Gasteiger partial charge in [-0.05, 0) is 57.1 Å². The third-order valence-corrected chi connectivity index (χ3v) is 5.93. The largest absolute Gasteiger partial charge is 0.439 e. The summed E-state index contributed by atoms with van der Waals surface area (Å²) in [6.07, 6.45) is 2.38. The van der Waals surface area contributed by atoms with Gasteiger partial charge < -0.3 is 14.6 Å². The van der Waals surface area contributed by atoms with Crippen LogP contribution in [-0.2, 0) is 6.54 Å². The monoisotopic (exact) mass is 356 g/mol. The van der Waals surface area contributed by atoms with E-state index in [4.69, 9.17) is 4.42 Å². The van der Waals surface area contributed by atoms with Crippen molar-refractivity contribution in [2.24, 2.45) is 5.92 Å². The highest BCUT2D eigenvalue weighted by atomic mass is 16.3. The lowest BCUT2D eigenvalue weighted by molar-refractivity contribution is 0.0621. The molecule has 3 aliphatic rings. The Labute approximate surface area is 154 Å². The standard InChI is InChI=1S/C20H28N4O2/c1-3-23(4-2)13-18-22-19-15(6-5-7-17(19)26-18)20(25)21-16-12-24-10-8-14(16)9-11-24/h5-7,14,16H,3-4,8-13H2,1-2H3,(H,21,25). The SMILES string of the molecule is CCN(CC)Cc1nc2c(C(=O)NC3CN4CCC3CC4)cccc2o1. The van der Waals surface area contributed by atoms with E-state index in [0.29, 0.717) is 35.0 Å². The molecule has 3 aliphatic heterocycles. The lowest BCUT2D eigenvalue weighted by atomic mass is 9.84. The van der Waals surface area contributed by atoms with Crippen LogP contribution in [0.25, 0.3) is 11.1 Å². The van der Waals surface area contributed by atoms with Crippen molar-refractivity contribution in [3.8, 4) is 0 Å². The molecule has 1 amide bonds. The summed E-state index contributed by atoms with van der Waals surface area (Å²) in [7, 11) is 0. The summed E-state index contributed by atoms with van der Waals surface area (Å²) in [6, 6.07) is 5.87. The van der Waals surface area contributed by atoms with E-state index < -0.39 is 0 Å². The van der Waals surface area contributed by atoms with Crippen LogP contribution in [-0.4, -0.2) is 59.5 Å². The van der Waals surface area contributed by atoms with Gasteiger partial charge in [-0.15, -0.1) is 0 Å². The van der Waals surface area contributed by atoms with E-state index in [2.05, 4.69) is 33.9 Å². The summed E-state index contributed by atoms with van der Waals surface area (Å²) in [4.78, 5) is 22.3. The van der Waals surface area contributed by atoms with Crippen LogP contribution in [0.1, 0.15) is 42.9 Å². The number of aromatic nitrogens is 1. The van der Waals surface area contributed by atoms with E-state index in [9.17, 15) is 4.79 Å². The molecule has 6 nitrogen and oxygen atoms in total. The molecule has 0 radical (unpaired) electrons. The number of oxazole rings is 1. The van der Waals surface area contributed by atoms with Gasteiger partial charge >= 0.3 is 0 Å². The minimum Gasteiger partial charge on any atom is -0.439 e. The molecule has 3 saturated heterocycles. The van der Waals surface area contributed by atoms with Gasteiger partial charge in [0.25, 0.3) is 5.91 Å². The fourth-order valence-electron chi connectivity index (χ4n) is 4.26. The van der Waals surface area contributed by atoms with E-state index in [0.717, 1.165) is 19.6 Å². The van der Waals surface area contributed by atoms with Crippen molar-refractivity contribution in [2.75, 3.05) is 32.7 Å². The van der Waals surface area contributed by atoms with Crippen molar-refractivity contribution in [1.29, 1.82) is 0 Å². The number of piperidine rings is 3. The highest BCUT2D eigenvalue weighted by molar-refractivity contribution is 6.04. The molecule has 1 atom stereocenters. The minimum absolute atomic E-state index is 0.0305. The second-order valence-electron chi connectivity index (χ2n) is 7.44. The van der Waals surface area contributed by atoms with Gasteiger partial charge in [0, 0.05) is 12.6 Å². The van der Waals surface area contributed by atoms with Gasteiger partial charge in [-0.2, -0.15) is 0 Å². The van der Waals surface area contributed by atoms with Crippen molar-refractivity contribution in [1.82, 2.24) is 20.1 Å². The zero-order valence-corrected chi connectivity index (χ0v) is 15.7. The van der Waals surface area contributed by atoms with Crippen molar-refractivity contribution >= 4 is 17.0 Å². The molecule has 4 heterocycles. The number of nitrogens with one attached hydrogen (secondary N) is 1. The molecule has 0 spiro atoms. The first kappa shape index (κ1) is 17.5. The number of fused-ring (bicyclic) bond motifs is 4. The highest BCUT2D eigenvalue weighted by Crippen LogP contribution is 2.28. The number of benzene rings is 1. The first-order valence-electron chi connectivity index (χ1n) is 9.82. The van der Waals surface area contributed by atoms with Crippen LogP contribution in [0.15, 0.2) is 22.6 Å². The number of nitrogens with zero attached hydrogens (tertiary/aromatic N) is 3. The topological polar surface area (TPSA) is 61.6 Å². The molecule has 1 unspecified atom stereocenters. The number of carbonyl (C=O) groups is 1. The highest BCUT2D eigenvalue weighted by Gasteiger charge is 2.35. The number of hydrogen-bond acceptors (Lipinski definition) is 5. The molecule has 3 fully saturated rings. The molecular formula is C20H28N4O2. The number of amides is 1. The van der Waals surface area contributed by atoms with Crippen LogP contribution in [0, 0.1) is 5.92 Å². The van der Waals surface area contributed by atoms with Gasteiger partial charge in [0.15, 0.2) is 5.58 Å². The number of para-hydroxylation sites is 1. The smallest absolute Gasteiger partial charge is 0.253 e. The lowest BCUT2D eigenvalue weighted by Gasteiger charge is -2.44. The van der Waals surface area contributed by atoms with Crippen molar-refractivity contribution in [3.63, 3.8) is 0 Å². The Morgan fingerprint density at radius 2 is 2.08 bits per heavy atom. The Morgan fingerprint density at radius 3 is 2.73 bits per heavy atom. The first-order valence-corrected chi connectivity index (χ1v) is 9.82. The van der Waals surface area contributed by atoms with Crippen molar-refractivity contribution < 1.29 is 9.21 Å². The van der Waals surface area contributed by atoms with Gasteiger partial charge in [0.05, 0.1) is 12.1 Å². The van der Waals surface area contributed by atoms with Gasteiger partial charge in [-0.1, -0.05) is 19.9 Å². The Morgan fingerprint density at radius 1 is 1.31 bits per heavy atom. The summed E-state index contributed by atoms with van der Waals surface area (Å²) in [5, 5.41) is 3.26. The Hall–Kier alpha value is -1.92. The maximum Gasteiger partial charge on any atom is 0.253 e. The average molecular weight is 356 g/mol. The molecule has 1 aromatic carbocycles. The predicted molar refractivity (Wildman–Crippen MR) is 101 cm³/mol. The summed E-state index contributed by atoms with van der Waals surface area (Å²) in [5.41, 5.74) is 1.98. The van der Waals surface area contributed by atoms with Crippen LogP contribution < -0.4 is 5.32 Å². The van der Waals surface area contributed by atoms with Crippen LogP contribution in [0.4, 0.5) is 0 Å². The van der Waals surface area contributed by atoms with Crippen LogP contribution in [0.3, 0.4) is 0 Å². The van der Waals surface area contributed by atoms with Gasteiger partial charge in [-0.25, -0.2) is 4.98 Å². The minimum atomic E-state index is -0.0305. The summed E-state index contributed by atoms with van der Waals surface area (Å²) in [6.45, 7) is 10.1. The summed E-state index contributed by atoms with van der Waals surface area (Å²) < 4.78 is 5.89. The Kier molecular flexibility index (Phi) is 4.96. The molecule has 140 valence electrons. The van der Waals surface area contributed by atoms with E-state index in [1.807, 2.05) is 18.2 Å². The molecule has 0 aliphatic carbocycles. The van der Waals surface area contributed by atoms with E-state index in [1.165, 1.54) is 25.9 Å². The average Bonchev–Trinajstić information content (AvgIpc) is 3.09. The number of carbonyl (C=O) groups excluding carboxylic acids is 1. The van der Waals surface area contributed by atoms with Crippen molar-refractivity contribution in [3.05, 3.63) is 29.7 Å². The quantitative estimate of drug-likeness (QED) is 0.862.